The summed E-state index contributed by atoms with van der Waals surface area (Å²) in [5.41, 5.74) is 3.52. The first-order chi connectivity index (χ1) is 11.1. The van der Waals surface area contributed by atoms with Gasteiger partial charge in [0.25, 0.3) is 0 Å². The Morgan fingerprint density at radius 1 is 1.00 bits per heavy atom. The molecular weight excluding hydrogens is 306 g/mol. The fraction of sp³-hybridized carbons (Fsp3) is 0.368. The molecule has 0 bridgehead atoms. The SMILES string of the molecule is C[C@@H]1CCCN1CCc1ccc(-c2ccc([SH](=O)=O)cc2)cc1. The molecule has 1 aliphatic heterocycles. The van der Waals surface area contributed by atoms with Crippen molar-refractivity contribution < 1.29 is 8.42 Å². The van der Waals surface area contributed by atoms with E-state index < -0.39 is 10.7 Å². The van der Waals surface area contributed by atoms with E-state index in [9.17, 15) is 8.42 Å². The minimum atomic E-state index is -2.50. The van der Waals surface area contributed by atoms with Gasteiger partial charge in [0.15, 0.2) is 10.7 Å². The van der Waals surface area contributed by atoms with E-state index in [1.807, 2.05) is 12.1 Å². The van der Waals surface area contributed by atoms with E-state index in [2.05, 4.69) is 36.1 Å². The summed E-state index contributed by atoms with van der Waals surface area (Å²) >= 11 is 0. The second-order valence-corrected chi connectivity index (χ2v) is 7.31. The first-order valence-corrected chi connectivity index (χ1v) is 9.39. The summed E-state index contributed by atoms with van der Waals surface area (Å²) in [6, 6.07) is 16.4. The summed E-state index contributed by atoms with van der Waals surface area (Å²) in [5.74, 6) is 0. The minimum absolute atomic E-state index is 0.361. The molecule has 0 spiro atoms. The largest absolute Gasteiger partial charge is 0.300 e. The average molecular weight is 329 g/mol. The second-order valence-electron chi connectivity index (χ2n) is 6.28. The third-order valence-electron chi connectivity index (χ3n) is 4.74. The van der Waals surface area contributed by atoms with E-state index in [1.165, 1.54) is 24.9 Å². The van der Waals surface area contributed by atoms with Crippen LogP contribution in [0.25, 0.3) is 11.1 Å². The van der Waals surface area contributed by atoms with Crippen LogP contribution in [0.4, 0.5) is 0 Å². The quantitative estimate of drug-likeness (QED) is 0.855. The zero-order chi connectivity index (χ0) is 16.2. The lowest BCUT2D eigenvalue weighted by molar-refractivity contribution is 0.272. The fourth-order valence-electron chi connectivity index (χ4n) is 3.24. The van der Waals surface area contributed by atoms with E-state index in [0.29, 0.717) is 4.90 Å². The maximum absolute atomic E-state index is 10.9. The first-order valence-electron chi connectivity index (χ1n) is 8.21. The molecule has 2 aromatic rings. The minimum Gasteiger partial charge on any atom is -0.300 e. The molecule has 0 aliphatic carbocycles. The normalized spacial score (nSPS) is 18.6. The average Bonchev–Trinajstić information content (AvgIpc) is 2.99. The number of hydrogen-bond donors (Lipinski definition) is 1. The predicted molar refractivity (Wildman–Crippen MR) is 94.4 cm³/mol. The molecule has 122 valence electrons. The van der Waals surface area contributed by atoms with Crippen LogP contribution in [0.5, 0.6) is 0 Å². The standard InChI is InChI=1S/C19H23NO2S/c1-15-3-2-13-20(15)14-12-16-4-6-17(7-5-16)18-8-10-19(11-9-18)23(21)22/h4-11,15,23H,2-3,12-14H2,1H3/t15-/m1/s1. The highest BCUT2D eigenvalue weighted by atomic mass is 32.2. The van der Waals surface area contributed by atoms with Gasteiger partial charge in [-0.1, -0.05) is 36.4 Å². The Hall–Kier alpha value is -1.65. The molecule has 3 nitrogen and oxygen atoms in total. The van der Waals surface area contributed by atoms with Crippen LogP contribution in [0.1, 0.15) is 25.3 Å². The molecule has 1 heterocycles. The highest BCUT2D eigenvalue weighted by Crippen LogP contribution is 2.22. The summed E-state index contributed by atoms with van der Waals surface area (Å²) in [7, 11) is -2.50. The summed E-state index contributed by atoms with van der Waals surface area (Å²) in [5, 5.41) is 0. The van der Waals surface area contributed by atoms with Gasteiger partial charge < -0.3 is 4.90 Å². The molecule has 1 atom stereocenters. The fourth-order valence-corrected chi connectivity index (χ4v) is 3.63. The van der Waals surface area contributed by atoms with Crippen molar-refractivity contribution in [3.63, 3.8) is 0 Å². The predicted octanol–water partition coefficient (Wildman–Crippen LogP) is 3.35. The number of hydrogen-bond acceptors (Lipinski definition) is 3. The number of thiol groups is 1. The van der Waals surface area contributed by atoms with E-state index in [0.717, 1.165) is 30.1 Å². The Morgan fingerprint density at radius 3 is 2.13 bits per heavy atom. The molecule has 0 amide bonds. The van der Waals surface area contributed by atoms with Gasteiger partial charge in [-0.15, -0.1) is 0 Å². The molecule has 3 rings (SSSR count). The monoisotopic (exact) mass is 329 g/mol. The van der Waals surface area contributed by atoms with Crippen LogP contribution in [0.2, 0.25) is 0 Å². The van der Waals surface area contributed by atoms with Crippen molar-refractivity contribution >= 4 is 10.7 Å². The summed E-state index contributed by atoms with van der Waals surface area (Å²) < 4.78 is 21.9. The molecule has 4 heteroatoms. The van der Waals surface area contributed by atoms with E-state index >= 15 is 0 Å². The van der Waals surface area contributed by atoms with Gasteiger partial charge in [0.05, 0.1) is 4.90 Å². The molecule has 0 unspecified atom stereocenters. The molecular formula is C19H23NO2S. The van der Waals surface area contributed by atoms with E-state index in [-0.39, 0.29) is 0 Å². The van der Waals surface area contributed by atoms with Crippen LogP contribution in [0, 0.1) is 0 Å². The van der Waals surface area contributed by atoms with Gasteiger partial charge in [0, 0.05) is 12.6 Å². The Bertz CT molecular complexity index is 712. The van der Waals surface area contributed by atoms with Crippen molar-refractivity contribution in [1.29, 1.82) is 0 Å². The van der Waals surface area contributed by atoms with Gasteiger partial charge in [-0.05, 0) is 61.6 Å². The van der Waals surface area contributed by atoms with Gasteiger partial charge >= 0.3 is 0 Å². The van der Waals surface area contributed by atoms with Crippen molar-refractivity contribution in [1.82, 2.24) is 4.90 Å². The Morgan fingerprint density at radius 2 is 1.61 bits per heavy atom. The van der Waals surface area contributed by atoms with E-state index in [4.69, 9.17) is 0 Å². The highest BCUT2D eigenvalue weighted by molar-refractivity contribution is 7.72. The molecule has 2 aromatic carbocycles. The number of benzene rings is 2. The number of nitrogens with zero attached hydrogens (tertiary/aromatic N) is 1. The summed E-state index contributed by atoms with van der Waals surface area (Å²) in [6.07, 6.45) is 3.73. The summed E-state index contributed by atoms with van der Waals surface area (Å²) in [6.45, 7) is 4.68. The van der Waals surface area contributed by atoms with Crippen LogP contribution < -0.4 is 0 Å². The van der Waals surface area contributed by atoms with Crippen molar-refractivity contribution in [3.8, 4) is 11.1 Å². The zero-order valence-corrected chi connectivity index (χ0v) is 14.3. The molecule has 0 radical (unpaired) electrons. The van der Waals surface area contributed by atoms with Crippen LogP contribution in [0.3, 0.4) is 0 Å². The third kappa shape index (κ3) is 4.01. The van der Waals surface area contributed by atoms with Gasteiger partial charge in [0.1, 0.15) is 0 Å². The van der Waals surface area contributed by atoms with Crippen molar-refractivity contribution in [2.45, 2.75) is 37.1 Å². The van der Waals surface area contributed by atoms with Crippen molar-refractivity contribution in [3.05, 3.63) is 54.1 Å². The molecule has 23 heavy (non-hydrogen) atoms. The maximum Gasteiger partial charge on any atom is 0.168 e. The summed E-state index contributed by atoms with van der Waals surface area (Å²) in [4.78, 5) is 2.93. The van der Waals surface area contributed by atoms with Gasteiger partial charge in [-0.25, -0.2) is 8.42 Å². The van der Waals surface area contributed by atoms with Crippen LogP contribution in [-0.2, 0) is 17.1 Å². The Kier molecular flexibility index (Phi) is 5.13. The zero-order valence-electron chi connectivity index (χ0n) is 13.4. The first kappa shape index (κ1) is 16.2. The highest BCUT2D eigenvalue weighted by Gasteiger charge is 2.19. The maximum atomic E-state index is 10.9. The Labute approximate surface area is 139 Å². The second kappa shape index (κ2) is 7.28. The van der Waals surface area contributed by atoms with Gasteiger partial charge in [0.2, 0.25) is 0 Å². The molecule has 1 aliphatic rings. The smallest absolute Gasteiger partial charge is 0.168 e. The molecule has 0 aromatic heterocycles. The third-order valence-corrected chi connectivity index (χ3v) is 5.46. The van der Waals surface area contributed by atoms with Gasteiger partial charge in [-0.3, -0.25) is 0 Å². The lowest BCUT2D eigenvalue weighted by Crippen LogP contribution is -2.28. The molecule has 1 fully saturated rings. The van der Waals surface area contributed by atoms with Crippen molar-refractivity contribution in [2.75, 3.05) is 13.1 Å². The molecule has 0 N–H and O–H groups in total. The van der Waals surface area contributed by atoms with Gasteiger partial charge in [-0.2, -0.15) is 0 Å². The van der Waals surface area contributed by atoms with Crippen molar-refractivity contribution in [2.24, 2.45) is 0 Å². The van der Waals surface area contributed by atoms with Crippen LogP contribution >= 0.6 is 0 Å². The lowest BCUT2D eigenvalue weighted by atomic mass is 10.0. The Balaban J connectivity index is 1.64. The number of likely N-dealkylation sites (tertiary alicyclic amines) is 1. The molecule has 0 saturated carbocycles. The lowest BCUT2D eigenvalue weighted by Gasteiger charge is -2.20. The van der Waals surface area contributed by atoms with Crippen LogP contribution in [-0.4, -0.2) is 32.4 Å². The van der Waals surface area contributed by atoms with E-state index in [1.54, 1.807) is 12.1 Å². The molecule has 1 saturated heterocycles. The topological polar surface area (TPSA) is 37.4 Å². The van der Waals surface area contributed by atoms with Crippen LogP contribution in [0.15, 0.2) is 53.4 Å². The number of rotatable bonds is 5.